The van der Waals surface area contributed by atoms with Crippen molar-refractivity contribution >= 4 is 27.5 Å². The summed E-state index contributed by atoms with van der Waals surface area (Å²) in [5.74, 6) is 0. The molecule has 4 nitrogen and oxygen atoms in total. The SMILES string of the molecule is Cc1c(Cl)cccc1C(N)c1c(Br)cnn1CCN(C)C. The van der Waals surface area contributed by atoms with E-state index in [1.807, 2.05) is 43.9 Å². The van der Waals surface area contributed by atoms with E-state index in [4.69, 9.17) is 17.3 Å². The summed E-state index contributed by atoms with van der Waals surface area (Å²) in [4.78, 5) is 2.12. The zero-order valence-corrected chi connectivity index (χ0v) is 14.8. The Morgan fingerprint density at radius 3 is 2.81 bits per heavy atom. The largest absolute Gasteiger partial charge is 0.319 e. The highest BCUT2D eigenvalue weighted by molar-refractivity contribution is 9.10. The normalized spacial score (nSPS) is 12.9. The third-order valence-electron chi connectivity index (χ3n) is 3.53. The molecule has 1 aromatic carbocycles. The lowest BCUT2D eigenvalue weighted by Gasteiger charge is -2.19. The quantitative estimate of drug-likeness (QED) is 0.878. The average Bonchev–Trinajstić information content (AvgIpc) is 2.80. The molecule has 21 heavy (non-hydrogen) atoms. The lowest BCUT2D eigenvalue weighted by Crippen LogP contribution is -2.24. The van der Waals surface area contributed by atoms with E-state index in [0.29, 0.717) is 0 Å². The number of hydrogen-bond acceptors (Lipinski definition) is 3. The summed E-state index contributed by atoms with van der Waals surface area (Å²) in [7, 11) is 4.08. The van der Waals surface area contributed by atoms with Crippen molar-refractivity contribution in [1.82, 2.24) is 14.7 Å². The monoisotopic (exact) mass is 370 g/mol. The smallest absolute Gasteiger partial charge is 0.0739 e. The van der Waals surface area contributed by atoms with Gasteiger partial charge in [0.05, 0.1) is 29.0 Å². The van der Waals surface area contributed by atoms with E-state index in [-0.39, 0.29) is 6.04 Å². The molecule has 1 unspecified atom stereocenters. The van der Waals surface area contributed by atoms with E-state index in [0.717, 1.165) is 39.4 Å². The molecule has 1 aromatic heterocycles. The van der Waals surface area contributed by atoms with Crippen LogP contribution in [0, 0.1) is 6.92 Å². The number of hydrogen-bond donors (Lipinski definition) is 1. The first-order valence-electron chi connectivity index (χ1n) is 6.78. The molecule has 0 radical (unpaired) electrons. The lowest BCUT2D eigenvalue weighted by atomic mass is 9.99. The molecule has 0 saturated carbocycles. The molecule has 1 heterocycles. The van der Waals surface area contributed by atoms with Crippen LogP contribution in [0.15, 0.2) is 28.9 Å². The standard InChI is InChI=1S/C15H20BrClN4/c1-10-11(5-4-6-13(10)17)14(18)15-12(16)9-19-21(15)8-7-20(2)3/h4-6,9,14H,7-8,18H2,1-3H3. The van der Waals surface area contributed by atoms with Gasteiger partial charge in [-0.05, 0) is 54.1 Å². The maximum absolute atomic E-state index is 6.48. The molecule has 2 N–H and O–H groups in total. The first-order chi connectivity index (χ1) is 9.91. The number of aromatic nitrogens is 2. The van der Waals surface area contributed by atoms with Gasteiger partial charge in [-0.2, -0.15) is 5.10 Å². The minimum absolute atomic E-state index is 0.261. The highest BCUT2D eigenvalue weighted by Gasteiger charge is 2.20. The fourth-order valence-corrected chi connectivity index (χ4v) is 2.99. The summed E-state index contributed by atoms with van der Waals surface area (Å²) in [6, 6.07) is 5.56. The van der Waals surface area contributed by atoms with Crippen LogP contribution in [0.2, 0.25) is 5.02 Å². The van der Waals surface area contributed by atoms with Crippen LogP contribution in [-0.2, 0) is 6.54 Å². The first-order valence-corrected chi connectivity index (χ1v) is 7.95. The Kier molecular flexibility index (Phi) is 5.43. The van der Waals surface area contributed by atoms with Gasteiger partial charge in [-0.1, -0.05) is 23.7 Å². The molecule has 6 heteroatoms. The van der Waals surface area contributed by atoms with Crippen molar-refractivity contribution in [3.05, 3.63) is 50.7 Å². The molecular weight excluding hydrogens is 352 g/mol. The summed E-state index contributed by atoms with van der Waals surface area (Å²) < 4.78 is 2.88. The average molecular weight is 372 g/mol. The Morgan fingerprint density at radius 2 is 2.14 bits per heavy atom. The summed E-state index contributed by atoms with van der Waals surface area (Å²) >= 11 is 9.76. The van der Waals surface area contributed by atoms with E-state index in [9.17, 15) is 0 Å². The summed E-state index contributed by atoms with van der Waals surface area (Å²) in [6.07, 6.45) is 1.80. The van der Waals surface area contributed by atoms with E-state index in [1.165, 1.54) is 0 Å². The second kappa shape index (κ2) is 6.92. The highest BCUT2D eigenvalue weighted by atomic mass is 79.9. The molecular formula is C15H20BrClN4. The molecule has 2 rings (SSSR count). The Morgan fingerprint density at radius 1 is 1.43 bits per heavy atom. The number of nitrogens with two attached hydrogens (primary N) is 1. The van der Waals surface area contributed by atoms with E-state index in [2.05, 4.69) is 25.9 Å². The molecule has 0 saturated heterocycles. The second-order valence-corrected chi connectivity index (χ2v) is 6.60. The van der Waals surface area contributed by atoms with Gasteiger partial charge >= 0.3 is 0 Å². The van der Waals surface area contributed by atoms with Crippen molar-refractivity contribution in [1.29, 1.82) is 0 Å². The van der Waals surface area contributed by atoms with Gasteiger partial charge in [-0.3, -0.25) is 4.68 Å². The molecule has 0 amide bonds. The van der Waals surface area contributed by atoms with E-state index >= 15 is 0 Å². The Labute approximate surface area is 139 Å². The lowest BCUT2D eigenvalue weighted by molar-refractivity contribution is 0.368. The van der Waals surface area contributed by atoms with Crippen LogP contribution in [0.25, 0.3) is 0 Å². The number of rotatable bonds is 5. The van der Waals surface area contributed by atoms with E-state index in [1.54, 1.807) is 6.20 Å². The third-order valence-corrected chi connectivity index (χ3v) is 4.55. The molecule has 0 spiro atoms. The van der Waals surface area contributed by atoms with E-state index < -0.39 is 0 Å². The molecule has 1 atom stereocenters. The van der Waals surface area contributed by atoms with Gasteiger partial charge in [0.1, 0.15) is 0 Å². The van der Waals surface area contributed by atoms with Gasteiger partial charge in [0.15, 0.2) is 0 Å². The third kappa shape index (κ3) is 3.66. The van der Waals surface area contributed by atoms with Crippen LogP contribution < -0.4 is 5.73 Å². The number of benzene rings is 1. The van der Waals surface area contributed by atoms with Crippen LogP contribution in [0.3, 0.4) is 0 Å². The number of halogens is 2. The maximum Gasteiger partial charge on any atom is 0.0739 e. The van der Waals surface area contributed by atoms with Gasteiger partial charge in [-0.25, -0.2) is 0 Å². The second-order valence-electron chi connectivity index (χ2n) is 5.34. The molecule has 2 aromatic rings. The fourth-order valence-electron chi connectivity index (χ4n) is 2.26. The van der Waals surface area contributed by atoms with Gasteiger partial charge in [-0.15, -0.1) is 0 Å². The Balaban J connectivity index is 2.36. The topological polar surface area (TPSA) is 47.1 Å². The minimum atomic E-state index is -0.261. The molecule has 0 aliphatic heterocycles. The van der Waals surface area contributed by atoms with Crippen molar-refractivity contribution < 1.29 is 0 Å². The predicted octanol–water partition coefficient (Wildman–Crippen LogP) is 3.22. The Hall–Kier alpha value is -0.880. The molecule has 114 valence electrons. The zero-order valence-electron chi connectivity index (χ0n) is 12.5. The van der Waals surface area contributed by atoms with Gasteiger partial charge in [0, 0.05) is 11.6 Å². The van der Waals surface area contributed by atoms with Crippen LogP contribution >= 0.6 is 27.5 Å². The van der Waals surface area contributed by atoms with Crippen molar-refractivity contribution in [2.24, 2.45) is 5.73 Å². The Bertz CT molecular complexity index is 624. The summed E-state index contributed by atoms with van der Waals surface area (Å²) in [6.45, 7) is 3.69. The molecule has 0 aliphatic rings. The van der Waals surface area contributed by atoms with Crippen LogP contribution in [0.5, 0.6) is 0 Å². The number of likely N-dealkylation sites (N-methyl/N-ethyl adjacent to an activating group) is 1. The van der Waals surface area contributed by atoms with Gasteiger partial charge in [0.2, 0.25) is 0 Å². The highest BCUT2D eigenvalue weighted by Crippen LogP contribution is 2.31. The van der Waals surface area contributed by atoms with Crippen molar-refractivity contribution in [3.63, 3.8) is 0 Å². The van der Waals surface area contributed by atoms with Crippen molar-refractivity contribution in [3.8, 4) is 0 Å². The predicted molar refractivity (Wildman–Crippen MR) is 90.7 cm³/mol. The van der Waals surface area contributed by atoms with Gasteiger partial charge in [0.25, 0.3) is 0 Å². The summed E-state index contributed by atoms with van der Waals surface area (Å²) in [5, 5.41) is 5.15. The fraction of sp³-hybridized carbons (Fsp3) is 0.400. The van der Waals surface area contributed by atoms with Crippen LogP contribution in [-0.4, -0.2) is 35.3 Å². The molecule has 0 bridgehead atoms. The molecule has 0 aliphatic carbocycles. The maximum atomic E-state index is 6.48. The van der Waals surface area contributed by atoms with Crippen LogP contribution in [0.1, 0.15) is 22.9 Å². The van der Waals surface area contributed by atoms with Crippen molar-refractivity contribution in [2.75, 3.05) is 20.6 Å². The minimum Gasteiger partial charge on any atom is -0.319 e. The van der Waals surface area contributed by atoms with Crippen molar-refractivity contribution in [2.45, 2.75) is 19.5 Å². The molecule has 0 fully saturated rings. The van der Waals surface area contributed by atoms with Crippen LogP contribution in [0.4, 0.5) is 0 Å². The zero-order chi connectivity index (χ0) is 15.6. The van der Waals surface area contributed by atoms with Gasteiger partial charge < -0.3 is 10.6 Å². The summed E-state index contributed by atoms with van der Waals surface area (Å²) in [5.41, 5.74) is 9.49. The number of nitrogens with zero attached hydrogens (tertiary/aromatic N) is 3. The first kappa shape index (κ1) is 16.5.